The molecule has 0 bridgehead atoms. The average molecular weight is 260 g/mol. The zero-order chi connectivity index (χ0) is 13.6. The van der Waals surface area contributed by atoms with Crippen LogP contribution in [0.2, 0.25) is 0 Å². The molecule has 1 saturated carbocycles. The van der Waals surface area contributed by atoms with Gasteiger partial charge in [-0.2, -0.15) is 0 Å². The quantitative estimate of drug-likeness (QED) is 0.906. The Balaban J connectivity index is 1.78. The van der Waals surface area contributed by atoms with Crippen LogP contribution in [-0.2, 0) is 5.60 Å². The lowest BCUT2D eigenvalue weighted by Crippen LogP contribution is -2.36. The lowest BCUT2D eigenvalue weighted by atomic mass is 10.1. The zero-order valence-corrected chi connectivity index (χ0v) is 11.5. The molecule has 1 N–H and O–H groups in total. The Bertz CT molecular complexity index is 491. The molecular formula is C15H20N2O2. The van der Waals surface area contributed by atoms with Crippen molar-refractivity contribution in [1.82, 2.24) is 4.90 Å². The van der Waals surface area contributed by atoms with Crippen molar-refractivity contribution in [2.75, 3.05) is 18.0 Å². The number of carbonyl (C=O) groups is 1. The molecule has 2 amide bonds. The minimum atomic E-state index is -0.600. The van der Waals surface area contributed by atoms with E-state index in [-0.39, 0.29) is 12.1 Å². The van der Waals surface area contributed by atoms with Crippen molar-refractivity contribution < 1.29 is 9.90 Å². The summed E-state index contributed by atoms with van der Waals surface area (Å²) in [6.45, 7) is 5.59. The van der Waals surface area contributed by atoms with Crippen molar-refractivity contribution in [3.05, 3.63) is 29.8 Å². The van der Waals surface area contributed by atoms with E-state index in [1.165, 1.54) is 0 Å². The van der Waals surface area contributed by atoms with E-state index in [2.05, 4.69) is 0 Å². The van der Waals surface area contributed by atoms with Gasteiger partial charge in [-0.05, 0) is 44.4 Å². The standard InChI is InChI=1S/C15H20N2O2/c1-11(2)16-9-10-17(14(16)18)13-5-3-12(4-6-13)15(19)7-8-15/h3-6,11,19H,7-10H2,1-2H3. The van der Waals surface area contributed by atoms with Gasteiger partial charge in [0.15, 0.2) is 0 Å². The number of hydrogen-bond donors (Lipinski definition) is 1. The van der Waals surface area contributed by atoms with E-state index in [4.69, 9.17) is 0 Å². The van der Waals surface area contributed by atoms with Crippen LogP contribution in [-0.4, -0.2) is 35.2 Å². The van der Waals surface area contributed by atoms with E-state index >= 15 is 0 Å². The van der Waals surface area contributed by atoms with E-state index < -0.39 is 5.60 Å². The molecule has 0 spiro atoms. The number of hydrogen-bond acceptors (Lipinski definition) is 2. The van der Waals surface area contributed by atoms with Gasteiger partial charge < -0.3 is 10.0 Å². The third kappa shape index (κ3) is 2.10. The topological polar surface area (TPSA) is 43.8 Å². The van der Waals surface area contributed by atoms with Crippen LogP contribution in [0.3, 0.4) is 0 Å². The van der Waals surface area contributed by atoms with Gasteiger partial charge in [-0.15, -0.1) is 0 Å². The number of nitrogens with zero attached hydrogens (tertiary/aromatic N) is 2. The maximum absolute atomic E-state index is 12.2. The van der Waals surface area contributed by atoms with Crippen molar-refractivity contribution in [1.29, 1.82) is 0 Å². The molecule has 1 aromatic rings. The minimum Gasteiger partial charge on any atom is -0.385 e. The largest absolute Gasteiger partial charge is 0.385 e. The first kappa shape index (κ1) is 12.5. The summed E-state index contributed by atoms with van der Waals surface area (Å²) >= 11 is 0. The second-order valence-electron chi connectivity index (χ2n) is 5.80. The molecule has 4 heteroatoms. The Hall–Kier alpha value is -1.55. The Kier molecular flexibility index (Phi) is 2.78. The number of aliphatic hydroxyl groups is 1. The SMILES string of the molecule is CC(C)N1CCN(c2ccc(C3(O)CC3)cc2)C1=O. The summed E-state index contributed by atoms with van der Waals surface area (Å²) in [5.74, 6) is 0. The molecule has 1 aliphatic heterocycles. The maximum atomic E-state index is 12.2. The number of urea groups is 1. The molecule has 0 unspecified atom stereocenters. The first-order valence-corrected chi connectivity index (χ1v) is 6.92. The van der Waals surface area contributed by atoms with Gasteiger partial charge in [0.2, 0.25) is 0 Å². The van der Waals surface area contributed by atoms with Crippen molar-refractivity contribution in [2.24, 2.45) is 0 Å². The van der Waals surface area contributed by atoms with Gasteiger partial charge in [-0.1, -0.05) is 12.1 Å². The highest BCUT2D eigenvalue weighted by atomic mass is 16.3. The Morgan fingerprint density at radius 1 is 1.16 bits per heavy atom. The molecular weight excluding hydrogens is 240 g/mol. The van der Waals surface area contributed by atoms with Crippen LogP contribution < -0.4 is 4.90 Å². The molecule has 2 fully saturated rings. The summed E-state index contributed by atoms with van der Waals surface area (Å²) in [5, 5.41) is 10.0. The van der Waals surface area contributed by atoms with Crippen LogP contribution in [0.25, 0.3) is 0 Å². The minimum absolute atomic E-state index is 0.0767. The second kappa shape index (κ2) is 4.23. The molecule has 4 nitrogen and oxygen atoms in total. The highest BCUT2D eigenvalue weighted by Crippen LogP contribution is 2.45. The molecule has 1 aliphatic carbocycles. The summed E-state index contributed by atoms with van der Waals surface area (Å²) in [7, 11) is 0. The fourth-order valence-corrected chi connectivity index (χ4v) is 2.63. The van der Waals surface area contributed by atoms with E-state index in [9.17, 15) is 9.90 Å². The van der Waals surface area contributed by atoms with Crippen LogP contribution in [0, 0.1) is 0 Å². The molecule has 1 aromatic carbocycles. The van der Waals surface area contributed by atoms with E-state index in [0.29, 0.717) is 0 Å². The molecule has 1 saturated heterocycles. The van der Waals surface area contributed by atoms with Crippen LogP contribution in [0.4, 0.5) is 10.5 Å². The third-order valence-corrected chi connectivity index (χ3v) is 4.10. The number of amides is 2. The summed E-state index contributed by atoms with van der Waals surface area (Å²) in [6, 6.07) is 8.07. The molecule has 102 valence electrons. The summed E-state index contributed by atoms with van der Waals surface area (Å²) < 4.78 is 0. The van der Waals surface area contributed by atoms with Crippen molar-refractivity contribution in [3.63, 3.8) is 0 Å². The highest BCUT2D eigenvalue weighted by molar-refractivity contribution is 5.94. The normalized spacial score (nSPS) is 21.4. The average Bonchev–Trinajstić information content (AvgIpc) is 3.01. The molecule has 0 aromatic heterocycles. The van der Waals surface area contributed by atoms with Crippen LogP contribution in [0.5, 0.6) is 0 Å². The molecule has 0 radical (unpaired) electrons. The van der Waals surface area contributed by atoms with Crippen LogP contribution in [0.1, 0.15) is 32.3 Å². The zero-order valence-electron chi connectivity index (χ0n) is 11.5. The molecule has 0 atom stereocenters. The predicted octanol–water partition coefficient (Wildman–Crippen LogP) is 2.32. The van der Waals surface area contributed by atoms with Gasteiger partial charge in [-0.25, -0.2) is 4.79 Å². The molecule has 2 aliphatic rings. The number of carbonyl (C=O) groups excluding carboxylic acids is 1. The summed E-state index contributed by atoms with van der Waals surface area (Å²) in [4.78, 5) is 15.9. The van der Waals surface area contributed by atoms with Crippen LogP contribution >= 0.6 is 0 Å². The Morgan fingerprint density at radius 3 is 2.26 bits per heavy atom. The molecule has 3 rings (SSSR count). The van der Waals surface area contributed by atoms with Gasteiger partial charge in [0.05, 0.1) is 5.60 Å². The predicted molar refractivity (Wildman–Crippen MR) is 74.2 cm³/mol. The third-order valence-electron chi connectivity index (χ3n) is 4.10. The Morgan fingerprint density at radius 2 is 1.79 bits per heavy atom. The van der Waals surface area contributed by atoms with E-state index in [1.807, 2.05) is 43.0 Å². The molecule has 1 heterocycles. The van der Waals surface area contributed by atoms with Gasteiger partial charge in [-0.3, -0.25) is 4.90 Å². The first-order chi connectivity index (χ1) is 9.01. The van der Waals surface area contributed by atoms with Gasteiger partial charge in [0, 0.05) is 24.8 Å². The van der Waals surface area contributed by atoms with Crippen LogP contribution in [0.15, 0.2) is 24.3 Å². The van der Waals surface area contributed by atoms with E-state index in [1.54, 1.807) is 4.90 Å². The van der Waals surface area contributed by atoms with Gasteiger partial charge in [0.25, 0.3) is 0 Å². The Labute approximate surface area is 113 Å². The summed E-state index contributed by atoms with van der Waals surface area (Å²) in [5.41, 5.74) is 1.28. The second-order valence-corrected chi connectivity index (χ2v) is 5.80. The highest BCUT2D eigenvalue weighted by Gasteiger charge is 2.42. The first-order valence-electron chi connectivity index (χ1n) is 6.92. The van der Waals surface area contributed by atoms with Gasteiger partial charge in [0.1, 0.15) is 0 Å². The molecule has 19 heavy (non-hydrogen) atoms. The lowest BCUT2D eigenvalue weighted by Gasteiger charge is -2.22. The van der Waals surface area contributed by atoms with Crippen molar-refractivity contribution in [3.8, 4) is 0 Å². The lowest BCUT2D eigenvalue weighted by molar-refractivity contribution is 0.151. The number of benzene rings is 1. The fourth-order valence-electron chi connectivity index (χ4n) is 2.63. The van der Waals surface area contributed by atoms with Crippen molar-refractivity contribution >= 4 is 11.7 Å². The van der Waals surface area contributed by atoms with Gasteiger partial charge >= 0.3 is 6.03 Å². The monoisotopic (exact) mass is 260 g/mol. The number of anilines is 1. The fraction of sp³-hybridized carbons (Fsp3) is 0.533. The number of rotatable bonds is 3. The maximum Gasteiger partial charge on any atom is 0.324 e. The smallest absolute Gasteiger partial charge is 0.324 e. The summed E-state index contributed by atoms with van der Waals surface area (Å²) in [6.07, 6.45) is 1.69. The van der Waals surface area contributed by atoms with E-state index in [0.717, 1.165) is 37.2 Å². The van der Waals surface area contributed by atoms with Crippen molar-refractivity contribution in [2.45, 2.75) is 38.3 Å².